The maximum absolute atomic E-state index is 11.6. The number of benzene rings is 1. The predicted octanol–water partition coefficient (Wildman–Crippen LogP) is 2.17. The molecule has 1 unspecified atom stereocenters. The first-order chi connectivity index (χ1) is 9.61. The third-order valence-electron chi connectivity index (χ3n) is 3.02. The van der Waals surface area contributed by atoms with E-state index in [1.54, 1.807) is 0 Å². The lowest BCUT2D eigenvalue weighted by Crippen LogP contribution is -2.43. The molecule has 0 fully saturated rings. The van der Waals surface area contributed by atoms with Gasteiger partial charge in [0.15, 0.2) is 0 Å². The summed E-state index contributed by atoms with van der Waals surface area (Å²) in [5, 5.41) is 14.1. The number of hydrogen-bond acceptors (Lipinski definition) is 2. The fourth-order valence-electron chi connectivity index (χ4n) is 1.88. The van der Waals surface area contributed by atoms with Gasteiger partial charge in [-0.3, -0.25) is 4.79 Å². The Kier molecular flexibility index (Phi) is 7.17. The van der Waals surface area contributed by atoms with Crippen LogP contribution in [0.5, 0.6) is 0 Å². The zero-order chi connectivity index (χ0) is 14.8. The summed E-state index contributed by atoms with van der Waals surface area (Å²) in [6.45, 7) is 2.42. The molecule has 20 heavy (non-hydrogen) atoms. The smallest absolute Gasteiger partial charge is 0.315 e. The van der Waals surface area contributed by atoms with Crippen molar-refractivity contribution in [3.05, 3.63) is 35.9 Å². The van der Waals surface area contributed by atoms with Crippen LogP contribution in [0.3, 0.4) is 0 Å². The zero-order valence-corrected chi connectivity index (χ0v) is 11.8. The highest BCUT2D eigenvalue weighted by atomic mass is 16.4. The molecule has 0 aromatic heterocycles. The SMILES string of the molecule is CCC(CC(=O)O)NC(=O)NCCCc1ccccc1. The van der Waals surface area contributed by atoms with Crippen LogP contribution in [0, 0.1) is 0 Å². The Morgan fingerprint density at radius 2 is 1.95 bits per heavy atom. The first-order valence-corrected chi connectivity index (χ1v) is 6.92. The van der Waals surface area contributed by atoms with Crippen molar-refractivity contribution in [1.29, 1.82) is 0 Å². The van der Waals surface area contributed by atoms with Gasteiger partial charge in [-0.1, -0.05) is 37.3 Å². The molecule has 0 radical (unpaired) electrons. The van der Waals surface area contributed by atoms with Crippen LogP contribution in [0.2, 0.25) is 0 Å². The van der Waals surface area contributed by atoms with Crippen LogP contribution in [0.1, 0.15) is 31.7 Å². The molecule has 1 aromatic rings. The van der Waals surface area contributed by atoms with Crippen molar-refractivity contribution in [1.82, 2.24) is 10.6 Å². The Bertz CT molecular complexity index is 420. The second kappa shape index (κ2) is 8.96. The molecule has 0 bridgehead atoms. The topological polar surface area (TPSA) is 78.4 Å². The lowest BCUT2D eigenvalue weighted by molar-refractivity contribution is -0.137. The summed E-state index contributed by atoms with van der Waals surface area (Å²) in [5.74, 6) is -0.902. The van der Waals surface area contributed by atoms with Gasteiger partial charge in [-0.2, -0.15) is 0 Å². The molecule has 0 saturated carbocycles. The minimum absolute atomic E-state index is 0.0477. The Morgan fingerprint density at radius 3 is 2.55 bits per heavy atom. The lowest BCUT2D eigenvalue weighted by atomic mass is 10.1. The highest BCUT2D eigenvalue weighted by Gasteiger charge is 2.13. The number of carbonyl (C=O) groups is 2. The van der Waals surface area contributed by atoms with Crippen molar-refractivity contribution in [2.24, 2.45) is 0 Å². The standard InChI is InChI=1S/C15H22N2O3/c1-2-13(11-14(18)19)17-15(20)16-10-6-9-12-7-4-3-5-8-12/h3-5,7-8,13H,2,6,9-11H2,1H3,(H,18,19)(H2,16,17,20). The number of carbonyl (C=O) groups excluding carboxylic acids is 1. The zero-order valence-electron chi connectivity index (χ0n) is 11.8. The maximum Gasteiger partial charge on any atom is 0.315 e. The molecular weight excluding hydrogens is 256 g/mol. The van der Waals surface area contributed by atoms with E-state index in [1.165, 1.54) is 5.56 Å². The number of rotatable bonds is 8. The van der Waals surface area contributed by atoms with Crippen LogP contribution >= 0.6 is 0 Å². The van der Waals surface area contributed by atoms with Gasteiger partial charge in [0.1, 0.15) is 0 Å². The van der Waals surface area contributed by atoms with Gasteiger partial charge in [-0.05, 0) is 24.8 Å². The molecule has 0 aliphatic rings. The monoisotopic (exact) mass is 278 g/mol. The molecular formula is C15H22N2O3. The van der Waals surface area contributed by atoms with E-state index >= 15 is 0 Å². The van der Waals surface area contributed by atoms with E-state index in [1.807, 2.05) is 25.1 Å². The van der Waals surface area contributed by atoms with E-state index in [2.05, 4.69) is 22.8 Å². The van der Waals surface area contributed by atoms with Crippen molar-refractivity contribution in [3.8, 4) is 0 Å². The molecule has 2 amide bonds. The Labute approximate surface area is 119 Å². The van der Waals surface area contributed by atoms with Gasteiger partial charge in [0, 0.05) is 12.6 Å². The summed E-state index contributed by atoms with van der Waals surface area (Å²) in [5.41, 5.74) is 1.24. The fourth-order valence-corrected chi connectivity index (χ4v) is 1.88. The predicted molar refractivity (Wildman–Crippen MR) is 77.6 cm³/mol. The van der Waals surface area contributed by atoms with E-state index in [9.17, 15) is 9.59 Å². The van der Waals surface area contributed by atoms with E-state index in [0.717, 1.165) is 12.8 Å². The fraction of sp³-hybridized carbons (Fsp3) is 0.467. The highest BCUT2D eigenvalue weighted by molar-refractivity contribution is 5.75. The molecule has 1 rings (SSSR count). The van der Waals surface area contributed by atoms with E-state index in [0.29, 0.717) is 13.0 Å². The van der Waals surface area contributed by atoms with Crippen LogP contribution in [-0.4, -0.2) is 29.7 Å². The number of carboxylic acid groups (broad SMARTS) is 1. The maximum atomic E-state index is 11.6. The molecule has 110 valence electrons. The first-order valence-electron chi connectivity index (χ1n) is 6.92. The summed E-state index contributed by atoms with van der Waals surface area (Å²) in [6.07, 6.45) is 2.32. The molecule has 5 heteroatoms. The number of aryl methyl sites for hydroxylation is 1. The number of carboxylic acids is 1. The summed E-state index contributed by atoms with van der Waals surface area (Å²) in [6, 6.07) is 9.45. The Morgan fingerprint density at radius 1 is 1.25 bits per heavy atom. The van der Waals surface area contributed by atoms with Gasteiger partial charge in [0.05, 0.1) is 6.42 Å². The first kappa shape index (κ1) is 16.0. The van der Waals surface area contributed by atoms with Crippen LogP contribution in [0.25, 0.3) is 0 Å². The molecule has 1 atom stereocenters. The Balaban J connectivity index is 2.18. The van der Waals surface area contributed by atoms with Crippen LogP contribution in [0.15, 0.2) is 30.3 Å². The molecule has 0 aliphatic heterocycles. The average Bonchev–Trinajstić information content (AvgIpc) is 2.43. The van der Waals surface area contributed by atoms with Crippen molar-refractivity contribution in [3.63, 3.8) is 0 Å². The van der Waals surface area contributed by atoms with Gasteiger partial charge in [-0.15, -0.1) is 0 Å². The number of amides is 2. The minimum Gasteiger partial charge on any atom is -0.481 e. The van der Waals surface area contributed by atoms with Crippen molar-refractivity contribution in [2.45, 2.75) is 38.6 Å². The molecule has 3 N–H and O–H groups in total. The number of aliphatic carboxylic acids is 1. The summed E-state index contributed by atoms with van der Waals surface area (Å²) in [4.78, 5) is 22.2. The van der Waals surface area contributed by atoms with Crippen LogP contribution < -0.4 is 10.6 Å². The van der Waals surface area contributed by atoms with Crippen LogP contribution in [-0.2, 0) is 11.2 Å². The molecule has 1 aromatic carbocycles. The molecule has 0 spiro atoms. The van der Waals surface area contributed by atoms with E-state index in [4.69, 9.17) is 5.11 Å². The summed E-state index contributed by atoms with van der Waals surface area (Å²) in [7, 11) is 0. The second-order valence-corrected chi connectivity index (χ2v) is 4.69. The molecule has 0 aliphatic carbocycles. The number of nitrogens with one attached hydrogen (secondary N) is 2. The Hall–Kier alpha value is -2.04. The van der Waals surface area contributed by atoms with Gasteiger partial charge >= 0.3 is 12.0 Å². The van der Waals surface area contributed by atoms with Crippen molar-refractivity contribution in [2.75, 3.05) is 6.54 Å². The van der Waals surface area contributed by atoms with Gasteiger partial charge in [0.25, 0.3) is 0 Å². The quantitative estimate of drug-likeness (QED) is 0.638. The van der Waals surface area contributed by atoms with Gasteiger partial charge in [-0.25, -0.2) is 4.79 Å². The van der Waals surface area contributed by atoms with Gasteiger partial charge < -0.3 is 15.7 Å². The minimum atomic E-state index is -0.902. The van der Waals surface area contributed by atoms with E-state index in [-0.39, 0.29) is 18.5 Å². The molecule has 0 heterocycles. The number of hydrogen-bond donors (Lipinski definition) is 3. The second-order valence-electron chi connectivity index (χ2n) is 4.69. The normalized spacial score (nSPS) is 11.7. The van der Waals surface area contributed by atoms with Crippen molar-refractivity contribution >= 4 is 12.0 Å². The lowest BCUT2D eigenvalue weighted by Gasteiger charge is -2.15. The van der Waals surface area contributed by atoms with Crippen molar-refractivity contribution < 1.29 is 14.7 Å². The third kappa shape index (κ3) is 6.78. The molecule has 0 saturated heterocycles. The largest absolute Gasteiger partial charge is 0.481 e. The molecule has 5 nitrogen and oxygen atoms in total. The number of urea groups is 1. The average molecular weight is 278 g/mol. The summed E-state index contributed by atoms with van der Waals surface area (Å²) < 4.78 is 0. The van der Waals surface area contributed by atoms with E-state index < -0.39 is 5.97 Å². The highest BCUT2D eigenvalue weighted by Crippen LogP contribution is 2.01. The van der Waals surface area contributed by atoms with Crippen LogP contribution in [0.4, 0.5) is 4.79 Å². The van der Waals surface area contributed by atoms with Gasteiger partial charge in [0.2, 0.25) is 0 Å². The third-order valence-corrected chi connectivity index (χ3v) is 3.02. The summed E-state index contributed by atoms with van der Waals surface area (Å²) >= 11 is 0.